The van der Waals surface area contributed by atoms with Crippen LogP contribution in [0.5, 0.6) is 0 Å². The van der Waals surface area contributed by atoms with Crippen LogP contribution in [-0.2, 0) is 9.47 Å². The Morgan fingerprint density at radius 2 is 1.77 bits per heavy atom. The molecule has 2 aromatic rings. The van der Waals surface area contributed by atoms with Crippen LogP contribution in [-0.4, -0.2) is 36.1 Å². The van der Waals surface area contributed by atoms with Crippen LogP contribution >= 0.6 is 15.9 Å². The minimum Gasteiger partial charge on any atom is -0.475 e. The number of anilines is 1. The highest BCUT2D eigenvalue weighted by Gasteiger charge is 2.24. The van der Waals surface area contributed by atoms with E-state index in [0.29, 0.717) is 16.9 Å². The number of esters is 1. The Balaban J connectivity index is 2.73. The number of rotatable bonds is 10. The third-order valence-electron chi connectivity index (χ3n) is 4.76. The van der Waals surface area contributed by atoms with Gasteiger partial charge in [0.1, 0.15) is 5.82 Å². The Kier molecular flexibility index (Phi) is 9.49. The first-order valence-electron chi connectivity index (χ1n) is 10.7. The maximum Gasteiger partial charge on any atom is 0.356 e. The number of pyridine rings is 1. The molecule has 7 heteroatoms. The van der Waals surface area contributed by atoms with Crippen LogP contribution < -0.4 is 5.32 Å². The third-order valence-corrected chi connectivity index (χ3v) is 5.29. The van der Waals surface area contributed by atoms with Gasteiger partial charge in [-0.05, 0) is 50.5 Å². The van der Waals surface area contributed by atoms with Crippen LogP contribution in [0, 0.1) is 5.41 Å². The summed E-state index contributed by atoms with van der Waals surface area (Å²) in [5, 5.41) is 12.2. The van der Waals surface area contributed by atoms with Gasteiger partial charge in [0.2, 0.25) is 5.90 Å². The molecule has 1 aromatic heterocycles. The SMILES string of the molecule is CCCC(CCC)Nc1nc(C(=O)OC)cc(-c2ccc(Br)cc2)c1C(=N)OC(C)C. The van der Waals surface area contributed by atoms with Gasteiger partial charge in [0, 0.05) is 16.1 Å². The topological polar surface area (TPSA) is 84.3 Å². The predicted octanol–water partition coefficient (Wildman–Crippen LogP) is 6.43. The number of aromatic nitrogens is 1. The molecule has 6 nitrogen and oxygen atoms in total. The van der Waals surface area contributed by atoms with E-state index in [4.69, 9.17) is 14.9 Å². The number of nitrogens with zero attached hydrogens (tertiary/aromatic N) is 1. The number of hydrogen-bond acceptors (Lipinski definition) is 6. The van der Waals surface area contributed by atoms with Gasteiger partial charge < -0.3 is 14.8 Å². The van der Waals surface area contributed by atoms with E-state index in [2.05, 4.69) is 40.1 Å². The molecule has 0 radical (unpaired) electrons. The lowest BCUT2D eigenvalue weighted by molar-refractivity contribution is 0.0594. The zero-order chi connectivity index (χ0) is 23.0. The number of nitrogens with one attached hydrogen (secondary N) is 2. The van der Waals surface area contributed by atoms with E-state index in [1.165, 1.54) is 7.11 Å². The molecule has 0 aliphatic rings. The lowest BCUT2D eigenvalue weighted by Gasteiger charge is -2.23. The van der Waals surface area contributed by atoms with Crippen LogP contribution in [0.4, 0.5) is 5.82 Å². The smallest absolute Gasteiger partial charge is 0.356 e. The molecular weight excluding hydrogens is 458 g/mol. The van der Waals surface area contributed by atoms with Crippen molar-refractivity contribution < 1.29 is 14.3 Å². The molecule has 1 aromatic carbocycles. The normalized spacial score (nSPS) is 11.0. The van der Waals surface area contributed by atoms with Gasteiger partial charge in [-0.25, -0.2) is 9.78 Å². The molecule has 2 N–H and O–H groups in total. The fourth-order valence-corrected chi connectivity index (χ4v) is 3.68. The van der Waals surface area contributed by atoms with E-state index < -0.39 is 5.97 Å². The van der Waals surface area contributed by atoms with Crippen molar-refractivity contribution in [2.24, 2.45) is 0 Å². The molecule has 0 spiro atoms. The number of benzene rings is 1. The summed E-state index contributed by atoms with van der Waals surface area (Å²) in [6.07, 6.45) is 3.79. The number of carbonyl (C=O) groups excluding carboxylic acids is 1. The average Bonchev–Trinajstić information content (AvgIpc) is 2.73. The Hall–Kier alpha value is -2.41. The van der Waals surface area contributed by atoms with Gasteiger partial charge >= 0.3 is 5.97 Å². The highest BCUT2D eigenvalue weighted by atomic mass is 79.9. The lowest BCUT2D eigenvalue weighted by atomic mass is 9.98. The third kappa shape index (κ3) is 6.79. The van der Waals surface area contributed by atoms with E-state index in [9.17, 15) is 4.79 Å². The summed E-state index contributed by atoms with van der Waals surface area (Å²) in [6.45, 7) is 8.05. The van der Waals surface area contributed by atoms with Crippen molar-refractivity contribution in [3.8, 4) is 11.1 Å². The fraction of sp³-hybridized carbons (Fsp3) is 0.458. The second kappa shape index (κ2) is 11.8. The van der Waals surface area contributed by atoms with E-state index in [0.717, 1.165) is 35.7 Å². The number of hydrogen-bond donors (Lipinski definition) is 2. The van der Waals surface area contributed by atoms with Crippen LogP contribution in [0.1, 0.15) is 69.4 Å². The summed E-state index contributed by atoms with van der Waals surface area (Å²) in [5.41, 5.74) is 2.29. The molecular formula is C24H32BrN3O3. The largest absolute Gasteiger partial charge is 0.475 e. The van der Waals surface area contributed by atoms with Gasteiger partial charge in [0.05, 0.1) is 18.8 Å². The summed E-state index contributed by atoms with van der Waals surface area (Å²) in [7, 11) is 1.34. The number of ether oxygens (including phenoxy) is 2. The van der Waals surface area contributed by atoms with Crippen LogP contribution in [0.2, 0.25) is 0 Å². The van der Waals surface area contributed by atoms with Crippen molar-refractivity contribution in [1.82, 2.24) is 4.98 Å². The zero-order valence-corrected chi connectivity index (χ0v) is 20.5. The Labute approximate surface area is 193 Å². The van der Waals surface area contributed by atoms with Gasteiger partial charge in [-0.15, -0.1) is 0 Å². The highest BCUT2D eigenvalue weighted by molar-refractivity contribution is 9.10. The van der Waals surface area contributed by atoms with Crippen LogP contribution in [0.3, 0.4) is 0 Å². The van der Waals surface area contributed by atoms with Crippen molar-refractivity contribution in [3.63, 3.8) is 0 Å². The predicted molar refractivity (Wildman–Crippen MR) is 129 cm³/mol. The Morgan fingerprint density at radius 3 is 2.29 bits per heavy atom. The van der Waals surface area contributed by atoms with E-state index in [1.54, 1.807) is 6.07 Å². The molecule has 0 unspecified atom stereocenters. The van der Waals surface area contributed by atoms with Crippen molar-refractivity contribution in [3.05, 3.63) is 46.1 Å². The monoisotopic (exact) mass is 489 g/mol. The van der Waals surface area contributed by atoms with Crippen molar-refractivity contribution in [2.75, 3.05) is 12.4 Å². The minimum absolute atomic E-state index is 0.0195. The van der Waals surface area contributed by atoms with Gasteiger partial charge in [0.25, 0.3) is 0 Å². The van der Waals surface area contributed by atoms with Gasteiger partial charge in [-0.2, -0.15) is 0 Å². The van der Waals surface area contributed by atoms with Crippen molar-refractivity contribution in [2.45, 2.75) is 65.5 Å². The van der Waals surface area contributed by atoms with Crippen LogP contribution in [0.15, 0.2) is 34.8 Å². The van der Waals surface area contributed by atoms with Gasteiger partial charge in [0.15, 0.2) is 5.69 Å². The van der Waals surface area contributed by atoms with E-state index in [-0.39, 0.29) is 23.7 Å². The maximum atomic E-state index is 12.4. The summed E-state index contributed by atoms with van der Waals surface area (Å²) in [5.74, 6) is -0.0312. The first-order chi connectivity index (χ1) is 14.8. The first-order valence-corrected chi connectivity index (χ1v) is 11.5. The molecule has 0 atom stereocenters. The van der Waals surface area contributed by atoms with Crippen molar-refractivity contribution in [1.29, 1.82) is 5.41 Å². The number of halogens is 1. The molecule has 0 aliphatic carbocycles. The molecule has 31 heavy (non-hydrogen) atoms. The second-order valence-corrected chi connectivity index (χ2v) is 8.61. The average molecular weight is 490 g/mol. The van der Waals surface area contributed by atoms with E-state index >= 15 is 0 Å². The summed E-state index contributed by atoms with van der Waals surface area (Å²) in [4.78, 5) is 17.0. The second-order valence-electron chi connectivity index (χ2n) is 7.69. The Morgan fingerprint density at radius 1 is 1.16 bits per heavy atom. The highest BCUT2D eigenvalue weighted by Crippen LogP contribution is 2.32. The molecule has 2 rings (SSSR count). The minimum atomic E-state index is -0.521. The van der Waals surface area contributed by atoms with Crippen molar-refractivity contribution >= 4 is 33.6 Å². The molecule has 0 saturated heterocycles. The first kappa shape index (κ1) is 24.9. The van der Waals surface area contributed by atoms with E-state index in [1.807, 2.05) is 38.1 Å². The summed E-state index contributed by atoms with van der Waals surface area (Å²) < 4.78 is 11.7. The maximum absolute atomic E-state index is 12.4. The zero-order valence-electron chi connectivity index (χ0n) is 18.9. The molecule has 0 amide bonds. The molecule has 0 aliphatic heterocycles. The number of carbonyl (C=O) groups is 1. The lowest BCUT2D eigenvalue weighted by Crippen LogP contribution is -2.24. The molecule has 0 bridgehead atoms. The quantitative estimate of drug-likeness (QED) is 0.228. The van der Waals surface area contributed by atoms with Gasteiger partial charge in [-0.3, -0.25) is 5.41 Å². The molecule has 1 heterocycles. The molecule has 0 saturated carbocycles. The molecule has 168 valence electrons. The Bertz CT molecular complexity index is 892. The summed E-state index contributed by atoms with van der Waals surface area (Å²) in [6, 6.07) is 9.57. The van der Waals surface area contributed by atoms with Gasteiger partial charge in [-0.1, -0.05) is 54.8 Å². The standard InChI is InChI=1S/C24H32BrN3O3/c1-6-8-18(9-7-2)27-23-21(22(26)31-15(3)4)19(14-20(28-23)24(29)30-5)16-10-12-17(25)13-11-16/h10-15,18,26H,6-9H2,1-5H3,(H,27,28). The van der Waals surface area contributed by atoms with Crippen LogP contribution in [0.25, 0.3) is 11.1 Å². The fourth-order valence-electron chi connectivity index (χ4n) is 3.42. The number of methoxy groups -OCH3 is 1. The molecule has 0 fully saturated rings. The summed E-state index contributed by atoms with van der Waals surface area (Å²) >= 11 is 3.46.